The second-order valence-corrected chi connectivity index (χ2v) is 2.41. The number of rotatable bonds is 6. The molecule has 0 bridgehead atoms. The Hall–Kier alpha value is -0.241. The molecule has 0 spiro atoms. The Morgan fingerprint density at radius 3 is 1.73 bits per heavy atom. The average Bonchev–Trinajstić information content (AvgIpc) is 2.23. The number of carboxylic acids is 1. The second-order valence-electron chi connectivity index (χ2n) is 2.41. The van der Waals surface area contributed by atoms with Gasteiger partial charge in [-0.2, -0.15) is 0 Å². The molecule has 0 unspecified atom stereocenters. The number of aliphatic carboxylic acids is 1. The van der Waals surface area contributed by atoms with Crippen LogP contribution in [0.15, 0.2) is 0 Å². The van der Waals surface area contributed by atoms with Gasteiger partial charge in [0.05, 0.1) is 0 Å². The van der Waals surface area contributed by atoms with E-state index in [9.17, 15) is 4.79 Å². The van der Waals surface area contributed by atoms with Crippen LogP contribution in [-0.2, 0) is 23.5 Å². The standard InChI is InChI=1S/C6H12NO5.CH3.HN.Tc/c8-2-6(3-9,4-10)7-1-5(11)12;;;/h8-10H,1-4H2,(H,11,12);1H3;1H;/q2*-1;;+2. The molecular weight excluding hydrogens is 290 g/mol. The van der Waals surface area contributed by atoms with Crippen molar-refractivity contribution in [1.82, 2.24) is 0 Å². The van der Waals surface area contributed by atoms with Crippen molar-refractivity contribution in [3.8, 4) is 0 Å². The van der Waals surface area contributed by atoms with Crippen molar-refractivity contribution < 1.29 is 43.9 Å². The van der Waals surface area contributed by atoms with Gasteiger partial charge in [0.1, 0.15) is 0 Å². The van der Waals surface area contributed by atoms with Gasteiger partial charge in [-0.05, 0) is 6.54 Å². The van der Waals surface area contributed by atoms with Gasteiger partial charge < -0.3 is 33.2 Å². The third-order valence-electron chi connectivity index (χ3n) is 1.43. The molecule has 0 aliphatic carbocycles. The number of hydrogen-bond acceptors (Lipinski definition) is 5. The first-order chi connectivity index (χ1) is 6.60. The van der Waals surface area contributed by atoms with Gasteiger partial charge in [-0.3, -0.25) is 4.79 Å². The van der Waals surface area contributed by atoms with E-state index in [0.29, 0.717) is 0 Å². The maximum atomic E-state index is 10.1. The number of nitrogens with zero attached hydrogens (tertiary/aromatic N) is 1. The van der Waals surface area contributed by atoms with E-state index in [4.69, 9.17) is 24.5 Å². The zero-order valence-corrected chi connectivity index (χ0v) is 10.2. The molecule has 0 aromatic heterocycles. The SMILES string of the molecule is O=C(O)C[N-]C(CO)(CO)CO.[CH3-].[NH]=[Tc+2]. The molecular formula is C7H16N2O5Tc. The molecule has 0 aliphatic heterocycles. The monoisotopic (exact) mass is 305 g/mol. The maximum absolute atomic E-state index is 10.1. The first kappa shape index (κ1) is 20.2. The molecule has 0 fully saturated rings. The Kier molecular flexibility index (Phi) is 15.9. The third kappa shape index (κ3) is 8.73. The van der Waals surface area contributed by atoms with Crippen molar-refractivity contribution in [3.63, 3.8) is 0 Å². The summed E-state index contributed by atoms with van der Waals surface area (Å²) in [6.07, 6.45) is 0. The van der Waals surface area contributed by atoms with Crippen LogP contribution in [0.25, 0.3) is 5.32 Å². The Labute approximate surface area is 98.9 Å². The van der Waals surface area contributed by atoms with Gasteiger partial charge in [0.25, 0.3) is 5.97 Å². The molecule has 0 saturated heterocycles. The molecule has 5 N–H and O–H groups in total. The number of aliphatic hydroxyl groups is 3. The fourth-order valence-corrected chi connectivity index (χ4v) is 0.535. The van der Waals surface area contributed by atoms with Crippen molar-refractivity contribution in [2.24, 2.45) is 0 Å². The van der Waals surface area contributed by atoms with E-state index in [0.717, 1.165) is 0 Å². The fourth-order valence-electron chi connectivity index (χ4n) is 0.535. The van der Waals surface area contributed by atoms with Crippen LogP contribution < -0.4 is 0 Å². The van der Waals surface area contributed by atoms with Crippen LogP contribution in [0.4, 0.5) is 0 Å². The molecule has 0 amide bonds. The average molecular weight is 306 g/mol. The van der Waals surface area contributed by atoms with E-state index in [1.165, 1.54) is 18.7 Å². The summed E-state index contributed by atoms with van der Waals surface area (Å²) in [5, 5.41) is 37.7. The van der Waals surface area contributed by atoms with Crippen LogP contribution in [0.5, 0.6) is 0 Å². The Bertz CT molecular complexity index is 157. The first-order valence-electron chi connectivity index (χ1n) is 3.52. The van der Waals surface area contributed by atoms with E-state index in [2.05, 4.69) is 5.32 Å². The zero-order chi connectivity index (χ0) is 11.6. The Morgan fingerprint density at radius 1 is 1.20 bits per heavy atom. The van der Waals surface area contributed by atoms with Crippen LogP contribution in [0.2, 0.25) is 0 Å². The fraction of sp³-hybridized carbons (Fsp3) is 0.714. The summed E-state index contributed by atoms with van der Waals surface area (Å²) in [7, 11) is 0. The van der Waals surface area contributed by atoms with Crippen molar-refractivity contribution in [3.05, 3.63) is 12.7 Å². The Balaban J connectivity index is -0.000000449. The summed E-state index contributed by atoms with van der Waals surface area (Å²) in [5.41, 5.74) is -1.43. The second kappa shape index (κ2) is 11.8. The van der Waals surface area contributed by atoms with Crippen LogP contribution in [0.3, 0.4) is 0 Å². The molecule has 0 aromatic carbocycles. The van der Waals surface area contributed by atoms with Crippen LogP contribution in [0, 0.1) is 11.5 Å². The molecule has 91 valence electrons. The summed E-state index contributed by atoms with van der Waals surface area (Å²) < 4.78 is 5.72. The van der Waals surface area contributed by atoms with Gasteiger partial charge in [0.2, 0.25) is 0 Å². The molecule has 0 aliphatic rings. The van der Waals surface area contributed by atoms with E-state index in [1.807, 2.05) is 0 Å². The molecule has 0 aromatic rings. The van der Waals surface area contributed by atoms with Crippen molar-refractivity contribution in [2.45, 2.75) is 5.54 Å². The molecule has 0 saturated carbocycles. The van der Waals surface area contributed by atoms with Gasteiger partial charge in [0.15, 0.2) is 0 Å². The molecule has 0 rings (SSSR count). The molecule has 0 radical (unpaired) electrons. The van der Waals surface area contributed by atoms with Crippen molar-refractivity contribution in [2.75, 3.05) is 26.4 Å². The van der Waals surface area contributed by atoms with Gasteiger partial charge in [0, 0.05) is 19.8 Å². The first-order valence-corrected chi connectivity index (χ1v) is 4.45. The van der Waals surface area contributed by atoms with E-state index < -0.39 is 37.9 Å². The van der Waals surface area contributed by atoms with E-state index in [-0.39, 0.29) is 7.43 Å². The Morgan fingerprint density at radius 2 is 1.53 bits per heavy atom. The van der Waals surface area contributed by atoms with Crippen LogP contribution in [0.1, 0.15) is 0 Å². The van der Waals surface area contributed by atoms with Gasteiger partial charge in [-0.1, -0.05) is 5.54 Å². The summed E-state index contributed by atoms with van der Waals surface area (Å²) in [6, 6.07) is 0. The van der Waals surface area contributed by atoms with Crippen LogP contribution in [-0.4, -0.2) is 58.3 Å². The third-order valence-corrected chi connectivity index (χ3v) is 1.43. The summed E-state index contributed by atoms with van der Waals surface area (Å²) in [5.74, 6) is -1.17. The molecule has 0 atom stereocenters. The van der Waals surface area contributed by atoms with Crippen molar-refractivity contribution in [1.29, 1.82) is 4.03 Å². The molecule has 8 heteroatoms. The van der Waals surface area contributed by atoms with Gasteiger partial charge >= 0.3 is 22.7 Å². The van der Waals surface area contributed by atoms with E-state index >= 15 is 0 Å². The number of hydrogen-bond donors (Lipinski definition) is 5. The quantitative estimate of drug-likeness (QED) is 0.397. The molecule has 15 heavy (non-hydrogen) atoms. The summed E-state index contributed by atoms with van der Waals surface area (Å²) in [4.78, 5) is 10.1. The molecule has 7 nitrogen and oxygen atoms in total. The normalized spacial score (nSPS) is 9.47. The molecule has 0 heterocycles. The predicted molar refractivity (Wildman–Crippen MR) is 49.0 cm³/mol. The predicted octanol–water partition coefficient (Wildman–Crippen LogP) is -1.09. The topological polar surface area (TPSA) is 136 Å². The zero-order valence-electron chi connectivity index (χ0n) is 8.35. The van der Waals surface area contributed by atoms with Gasteiger partial charge in [-0.25, -0.2) is 0 Å². The minimum absolute atomic E-state index is 0. The van der Waals surface area contributed by atoms with Gasteiger partial charge in [-0.15, -0.1) is 0 Å². The minimum atomic E-state index is -1.43. The number of carboxylic acid groups (broad SMARTS) is 1. The summed E-state index contributed by atoms with van der Waals surface area (Å²) in [6.45, 7) is -2.27. The summed E-state index contributed by atoms with van der Waals surface area (Å²) >= 11 is 1.40. The van der Waals surface area contributed by atoms with Crippen molar-refractivity contribution >= 4 is 5.97 Å². The number of carbonyl (C=O) groups is 1. The number of aliphatic hydroxyl groups excluding tert-OH is 3. The van der Waals surface area contributed by atoms with Crippen LogP contribution >= 0.6 is 0 Å². The number of nitrogens with one attached hydrogen (secondary N) is 1. The van der Waals surface area contributed by atoms with E-state index in [1.54, 1.807) is 0 Å².